The standard InChI is InChI=1S/C58H38N2/c1-3-15-39(16-4-1)45-19-7-8-20-46(45)41-27-33-44(34-28-41)59(52-24-12-9-21-47(52)40-17-5-2-6-18-40)55-37-31-42-30-36-51-56(38-32-43-29-35-50(55)57(42)58(43)51)60-53-25-13-10-22-48(53)49-23-11-14-26-54(49)60/h1-38H. The van der Waals surface area contributed by atoms with Crippen LogP contribution in [0.2, 0.25) is 0 Å². The van der Waals surface area contributed by atoms with Gasteiger partial charge in [-0.15, -0.1) is 0 Å². The zero-order valence-electron chi connectivity index (χ0n) is 32.8. The van der Waals surface area contributed by atoms with Crippen LogP contribution in [0.1, 0.15) is 0 Å². The SMILES string of the molecule is c1ccc(-c2ccccc2-c2ccc(N(c3ccccc3-c3ccccc3)c3ccc4ccc5c(-n6c7ccccc7c7ccccc76)ccc6ccc3c4c65)cc2)cc1. The third-order valence-corrected chi connectivity index (χ3v) is 12.4. The van der Waals surface area contributed by atoms with Crippen molar-refractivity contribution in [2.24, 2.45) is 0 Å². The Morgan fingerprint density at radius 1 is 0.283 bits per heavy atom. The molecular formula is C58H38N2. The van der Waals surface area contributed by atoms with Gasteiger partial charge in [-0.3, -0.25) is 0 Å². The van der Waals surface area contributed by atoms with E-state index in [9.17, 15) is 0 Å². The maximum Gasteiger partial charge on any atom is 0.0541 e. The second-order valence-corrected chi connectivity index (χ2v) is 15.6. The summed E-state index contributed by atoms with van der Waals surface area (Å²) < 4.78 is 2.46. The van der Waals surface area contributed by atoms with E-state index in [-0.39, 0.29) is 0 Å². The molecule has 0 radical (unpaired) electrons. The first-order valence-corrected chi connectivity index (χ1v) is 20.7. The van der Waals surface area contributed by atoms with E-state index in [1.165, 1.54) is 93.2 Å². The summed E-state index contributed by atoms with van der Waals surface area (Å²) in [5, 5.41) is 10.0. The molecule has 0 fully saturated rings. The Labute approximate surface area is 348 Å². The molecule has 0 saturated heterocycles. The van der Waals surface area contributed by atoms with Crippen LogP contribution in [-0.4, -0.2) is 4.57 Å². The molecule has 0 aliphatic rings. The highest BCUT2D eigenvalue weighted by molar-refractivity contribution is 6.27. The minimum atomic E-state index is 1.10. The molecule has 0 unspecified atom stereocenters. The predicted octanol–water partition coefficient (Wildman–Crippen LogP) is 16.2. The summed E-state index contributed by atoms with van der Waals surface area (Å²) in [5.74, 6) is 0. The minimum Gasteiger partial charge on any atom is -0.309 e. The predicted molar refractivity (Wildman–Crippen MR) is 255 cm³/mol. The topological polar surface area (TPSA) is 8.17 Å². The normalized spacial score (nSPS) is 11.7. The minimum absolute atomic E-state index is 1.10. The fraction of sp³-hybridized carbons (Fsp3) is 0. The van der Waals surface area contributed by atoms with E-state index in [2.05, 4.69) is 240 Å². The fourth-order valence-electron chi connectivity index (χ4n) is 9.68. The number of hydrogen-bond donors (Lipinski definition) is 0. The number of aromatic nitrogens is 1. The maximum absolute atomic E-state index is 2.47. The number of hydrogen-bond acceptors (Lipinski definition) is 1. The van der Waals surface area contributed by atoms with Crippen molar-refractivity contribution in [3.63, 3.8) is 0 Å². The van der Waals surface area contributed by atoms with E-state index in [1.807, 2.05) is 0 Å². The van der Waals surface area contributed by atoms with Crippen LogP contribution in [0, 0.1) is 0 Å². The van der Waals surface area contributed by atoms with E-state index in [0.717, 1.165) is 17.1 Å². The number of fused-ring (bicyclic) bond motifs is 3. The molecule has 0 spiro atoms. The van der Waals surface area contributed by atoms with Crippen LogP contribution in [0.5, 0.6) is 0 Å². The molecule has 2 heteroatoms. The van der Waals surface area contributed by atoms with Gasteiger partial charge in [0.1, 0.15) is 0 Å². The lowest BCUT2D eigenvalue weighted by molar-refractivity contribution is 1.20. The average molecular weight is 763 g/mol. The number of benzene rings is 11. The zero-order valence-corrected chi connectivity index (χ0v) is 32.8. The van der Waals surface area contributed by atoms with E-state index < -0.39 is 0 Å². The Bertz CT molecular complexity index is 3470. The van der Waals surface area contributed by atoms with Gasteiger partial charge in [0, 0.05) is 32.8 Å². The van der Waals surface area contributed by atoms with Crippen molar-refractivity contribution in [1.82, 2.24) is 4.57 Å². The summed E-state index contributed by atoms with van der Waals surface area (Å²) in [6.45, 7) is 0. The van der Waals surface area contributed by atoms with Crippen molar-refractivity contribution in [1.29, 1.82) is 0 Å². The molecule has 0 amide bonds. The van der Waals surface area contributed by atoms with Gasteiger partial charge in [-0.2, -0.15) is 0 Å². The smallest absolute Gasteiger partial charge is 0.0541 e. The molecule has 2 nitrogen and oxygen atoms in total. The highest BCUT2D eigenvalue weighted by atomic mass is 15.1. The molecule has 0 saturated carbocycles. The number of para-hydroxylation sites is 3. The van der Waals surface area contributed by atoms with Crippen molar-refractivity contribution >= 4 is 71.2 Å². The Kier molecular flexibility index (Phi) is 7.89. The molecule has 11 aromatic carbocycles. The van der Waals surface area contributed by atoms with Crippen molar-refractivity contribution in [2.75, 3.05) is 4.90 Å². The summed E-state index contributed by atoms with van der Waals surface area (Å²) in [7, 11) is 0. The van der Waals surface area contributed by atoms with Crippen LogP contribution < -0.4 is 4.90 Å². The van der Waals surface area contributed by atoms with Gasteiger partial charge in [-0.1, -0.05) is 188 Å². The highest BCUT2D eigenvalue weighted by Crippen LogP contribution is 2.48. The first kappa shape index (κ1) is 34.1. The maximum atomic E-state index is 2.47. The summed E-state index contributed by atoms with van der Waals surface area (Å²) >= 11 is 0. The van der Waals surface area contributed by atoms with Gasteiger partial charge in [0.25, 0.3) is 0 Å². The molecule has 280 valence electrons. The van der Waals surface area contributed by atoms with Gasteiger partial charge in [-0.05, 0) is 91.8 Å². The van der Waals surface area contributed by atoms with Crippen LogP contribution in [0.3, 0.4) is 0 Å². The van der Waals surface area contributed by atoms with Crippen LogP contribution in [-0.2, 0) is 0 Å². The van der Waals surface area contributed by atoms with Crippen LogP contribution in [0.15, 0.2) is 231 Å². The summed E-state index contributed by atoms with van der Waals surface area (Å²) in [6, 6.07) is 84.2. The molecule has 0 aliphatic heterocycles. The zero-order chi connectivity index (χ0) is 39.6. The van der Waals surface area contributed by atoms with Crippen LogP contribution in [0.25, 0.3) is 93.2 Å². The van der Waals surface area contributed by atoms with Crippen molar-refractivity contribution in [3.05, 3.63) is 231 Å². The van der Waals surface area contributed by atoms with Gasteiger partial charge in [-0.25, -0.2) is 0 Å². The Balaban J connectivity index is 1.09. The number of anilines is 3. The Hall–Kier alpha value is -7.94. The van der Waals surface area contributed by atoms with Crippen LogP contribution >= 0.6 is 0 Å². The molecule has 60 heavy (non-hydrogen) atoms. The largest absolute Gasteiger partial charge is 0.309 e. The quantitative estimate of drug-likeness (QED) is 0.147. The molecule has 1 aromatic heterocycles. The lowest BCUT2D eigenvalue weighted by Crippen LogP contribution is -2.12. The van der Waals surface area contributed by atoms with Gasteiger partial charge < -0.3 is 9.47 Å². The number of rotatable bonds is 7. The van der Waals surface area contributed by atoms with E-state index >= 15 is 0 Å². The van der Waals surface area contributed by atoms with Gasteiger partial charge in [0.2, 0.25) is 0 Å². The molecule has 0 atom stereocenters. The molecule has 12 aromatic rings. The Morgan fingerprint density at radius 2 is 0.750 bits per heavy atom. The lowest BCUT2D eigenvalue weighted by Gasteiger charge is -2.30. The van der Waals surface area contributed by atoms with Crippen molar-refractivity contribution in [3.8, 4) is 39.1 Å². The average Bonchev–Trinajstić information content (AvgIpc) is 3.66. The monoisotopic (exact) mass is 762 g/mol. The van der Waals surface area contributed by atoms with Gasteiger partial charge in [0.05, 0.1) is 28.1 Å². The van der Waals surface area contributed by atoms with Crippen molar-refractivity contribution in [2.45, 2.75) is 0 Å². The second-order valence-electron chi connectivity index (χ2n) is 15.6. The Morgan fingerprint density at radius 3 is 1.40 bits per heavy atom. The van der Waals surface area contributed by atoms with Gasteiger partial charge >= 0.3 is 0 Å². The van der Waals surface area contributed by atoms with E-state index in [1.54, 1.807) is 0 Å². The lowest BCUT2D eigenvalue weighted by atomic mass is 9.91. The van der Waals surface area contributed by atoms with E-state index in [0.29, 0.717) is 0 Å². The third-order valence-electron chi connectivity index (χ3n) is 12.4. The molecule has 0 bridgehead atoms. The molecular weight excluding hydrogens is 725 g/mol. The van der Waals surface area contributed by atoms with Crippen molar-refractivity contribution < 1.29 is 0 Å². The summed E-state index contributed by atoms with van der Waals surface area (Å²) in [5.41, 5.74) is 14.2. The third kappa shape index (κ3) is 5.35. The van der Waals surface area contributed by atoms with E-state index in [4.69, 9.17) is 0 Å². The first-order chi connectivity index (χ1) is 29.8. The van der Waals surface area contributed by atoms with Gasteiger partial charge in [0.15, 0.2) is 0 Å². The first-order valence-electron chi connectivity index (χ1n) is 20.7. The highest BCUT2D eigenvalue weighted by Gasteiger charge is 2.23. The number of nitrogens with zero attached hydrogens (tertiary/aromatic N) is 2. The molecule has 0 N–H and O–H groups in total. The van der Waals surface area contributed by atoms with Crippen LogP contribution in [0.4, 0.5) is 17.1 Å². The second kappa shape index (κ2) is 13.9. The summed E-state index contributed by atoms with van der Waals surface area (Å²) in [4.78, 5) is 2.47. The molecule has 1 heterocycles. The molecule has 0 aliphatic carbocycles. The fourth-order valence-corrected chi connectivity index (χ4v) is 9.68. The summed E-state index contributed by atoms with van der Waals surface area (Å²) in [6.07, 6.45) is 0. The molecule has 12 rings (SSSR count).